The number of amides is 2. The molecular formula is C36H57N3O7Si2. The topological polar surface area (TPSA) is 128 Å². The molecule has 3 heterocycles. The number of carbonyl (C=O) groups is 4. The maximum Gasteiger partial charge on any atom is 0.329 e. The van der Waals surface area contributed by atoms with Crippen LogP contribution in [0.3, 0.4) is 0 Å². The van der Waals surface area contributed by atoms with Gasteiger partial charge in [0.25, 0.3) is 5.91 Å². The molecular weight excluding hydrogens is 643 g/mol. The molecule has 3 rings (SSSR count). The van der Waals surface area contributed by atoms with Crippen LogP contribution < -0.4 is 10.7 Å². The number of ether oxygens (including phenoxy) is 1. The van der Waals surface area contributed by atoms with Gasteiger partial charge in [0.2, 0.25) is 11.8 Å². The molecule has 0 spiro atoms. The van der Waals surface area contributed by atoms with Crippen LogP contribution in [0.2, 0.25) is 37.8 Å². The Hall–Kier alpha value is -3.10. The van der Waals surface area contributed by atoms with Crippen molar-refractivity contribution in [1.29, 1.82) is 0 Å². The zero-order valence-electron chi connectivity index (χ0n) is 30.9. The molecule has 1 saturated heterocycles. The second-order valence-corrected chi connectivity index (χ2v) is 25.7. The summed E-state index contributed by atoms with van der Waals surface area (Å²) in [7, 11) is -4.48. The lowest BCUT2D eigenvalue weighted by Gasteiger charge is -2.38. The largest absolute Gasteiger partial charge is 0.460 e. The molecule has 10 nitrogen and oxygen atoms in total. The number of esters is 1. The van der Waals surface area contributed by atoms with Crippen LogP contribution in [0.5, 0.6) is 0 Å². The zero-order valence-corrected chi connectivity index (χ0v) is 32.9. The van der Waals surface area contributed by atoms with Crippen molar-refractivity contribution >= 4 is 45.3 Å². The van der Waals surface area contributed by atoms with Gasteiger partial charge in [-0.2, -0.15) is 0 Å². The SMILES string of the molecule is CC1=CC(O[Si](C)(C)C(C)(C)C)CC(=O)Cc2nc(c([Si](C)(C)C)o2)C(=O)N2CCC[C@@H]2C(=O)O[C@H](C(C)C)C/C=C/C(=O)NCC=C1. The number of nitrogens with zero attached hydrogens (tertiary/aromatic N) is 2. The molecule has 0 radical (unpaired) electrons. The van der Waals surface area contributed by atoms with E-state index < -0.39 is 40.6 Å². The van der Waals surface area contributed by atoms with Crippen LogP contribution >= 0.6 is 0 Å². The lowest BCUT2D eigenvalue weighted by molar-refractivity contribution is -0.155. The highest BCUT2D eigenvalue weighted by atomic mass is 28.4. The number of oxazole rings is 1. The molecule has 2 bridgehead atoms. The summed E-state index contributed by atoms with van der Waals surface area (Å²) in [4.78, 5) is 59.8. The van der Waals surface area contributed by atoms with Crippen LogP contribution in [0.1, 0.15) is 83.6 Å². The second kappa shape index (κ2) is 16.1. The van der Waals surface area contributed by atoms with E-state index in [9.17, 15) is 19.2 Å². The summed E-state index contributed by atoms with van der Waals surface area (Å²) in [6, 6.07) is -0.751. The van der Waals surface area contributed by atoms with E-state index in [-0.39, 0.29) is 53.0 Å². The Morgan fingerprint density at radius 1 is 1.04 bits per heavy atom. The number of carbonyl (C=O) groups excluding carboxylic acids is 4. The van der Waals surface area contributed by atoms with Gasteiger partial charge in [-0.15, -0.1) is 0 Å². The Bertz CT molecular complexity index is 1430. The van der Waals surface area contributed by atoms with Gasteiger partial charge in [-0.1, -0.05) is 84.1 Å². The van der Waals surface area contributed by atoms with Crippen molar-refractivity contribution in [3.8, 4) is 0 Å². The van der Waals surface area contributed by atoms with E-state index in [1.807, 2.05) is 39.0 Å². The Morgan fingerprint density at radius 2 is 1.73 bits per heavy atom. The lowest BCUT2D eigenvalue weighted by Crippen LogP contribution is -2.47. The zero-order chi connectivity index (χ0) is 36.0. The summed E-state index contributed by atoms with van der Waals surface area (Å²) in [6.45, 7) is 23.5. The minimum atomic E-state index is -2.25. The molecule has 1 unspecified atom stereocenters. The molecule has 1 aromatic rings. The van der Waals surface area contributed by atoms with Crippen LogP contribution in [-0.2, 0) is 30.0 Å². The van der Waals surface area contributed by atoms with Crippen LogP contribution in [0.25, 0.3) is 0 Å². The standard InChI is InChI=1S/C36H57N3O7Si2/c1-24(2)29-17-12-18-30(41)37-19-13-15-25(3)21-27(46-48(10,11)36(4,5)6)22-26(40)23-31-38-32(35(45-31)47(7,8)9)33(42)39-20-14-16-28(39)34(43)44-29/h12-13,15,18,21,24,27-29H,14,16-17,19-20,22-23H2,1-11H3,(H,37,41)/b15-13?,18-12+,25-21?/t27?,28-,29+/m1/s1. The highest BCUT2D eigenvalue weighted by Crippen LogP contribution is 2.38. The number of rotatable bonds is 4. The minimum Gasteiger partial charge on any atom is -0.460 e. The molecule has 0 aliphatic carbocycles. The molecule has 0 saturated carbocycles. The summed E-state index contributed by atoms with van der Waals surface area (Å²) in [6.07, 6.45) is 9.49. The summed E-state index contributed by atoms with van der Waals surface area (Å²) in [5.41, 5.74) is 1.08. The van der Waals surface area contributed by atoms with Crippen molar-refractivity contribution in [3.63, 3.8) is 0 Å². The van der Waals surface area contributed by atoms with Gasteiger partial charge in [-0.05, 0) is 49.9 Å². The van der Waals surface area contributed by atoms with Crippen LogP contribution in [0.4, 0.5) is 0 Å². The molecule has 1 fully saturated rings. The van der Waals surface area contributed by atoms with Crippen molar-refractivity contribution in [2.24, 2.45) is 5.92 Å². The average molecular weight is 700 g/mol. The molecule has 2 aliphatic rings. The second-order valence-electron chi connectivity index (χ2n) is 15.9. The Morgan fingerprint density at radius 3 is 2.35 bits per heavy atom. The number of hydrogen-bond acceptors (Lipinski definition) is 8. The monoisotopic (exact) mass is 699 g/mol. The summed E-state index contributed by atoms with van der Waals surface area (Å²) in [5.74, 6) is -1.02. The van der Waals surface area contributed by atoms with E-state index in [1.165, 1.54) is 11.0 Å². The molecule has 48 heavy (non-hydrogen) atoms. The molecule has 2 amide bonds. The number of Topliss-reactive ketones (excluding diaryl/α,β-unsaturated/α-hetero) is 1. The van der Waals surface area contributed by atoms with Crippen molar-refractivity contribution in [1.82, 2.24) is 15.2 Å². The fourth-order valence-corrected chi connectivity index (χ4v) is 8.00. The predicted molar refractivity (Wildman–Crippen MR) is 193 cm³/mol. The van der Waals surface area contributed by atoms with Gasteiger partial charge in [0.15, 0.2) is 14.0 Å². The Kier molecular flexibility index (Phi) is 13.2. The quantitative estimate of drug-likeness (QED) is 0.306. The first-order chi connectivity index (χ1) is 22.2. The summed E-state index contributed by atoms with van der Waals surface area (Å²) in [5, 5.41) is 3.29. The van der Waals surface area contributed by atoms with Crippen molar-refractivity contribution < 1.29 is 32.8 Å². The third-order valence-electron chi connectivity index (χ3n) is 9.24. The molecule has 266 valence electrons. The summed E-state index contributed by atoms with van der Waals surface area (Å²) >= 11 is 0. The number of cyclic esters (lactones) is 1. The van der Waals surface area contributed by atoms with Crippen molar-refractivity contribution in [2.75, 3.05) is 13.1 Å². The molecule has 3 atom stereocenters. The molecule has 0 aromatic carbocycles. The van der Waals surface area contributed by atoms with E-state index in [0.29, 0.717) is 37.7 Å². The van der Waals surface area contributed by atoms with E-state index in [1.54, 1.807) is 6.08 Å². The fourth-order valence-electron chi connectivity index (χ4n) is 5.44. The van der Waals surface area contributed by atoms with Gasteiger partial charge >= 0.3 is 5.97 Å². The van der Waals surface area contributed by atoms with Gasteiger partial charge in [0, 0.05) is 25.9 Å². The average Bonchev–Trinajstić information content (AvgIpc) is 3.61. The fraction of sp³-hybridized carbons (Fsp3) is 0.639. The maximum absolute atomic E-state index is 14.1. The van der Waals surface area contributed by atoms with Crippen molar-refractivity contribution in [2.45, 2.75) is 130 Å². The van der Waals surface area contributed by atoms with E-state index in [4.69, 9.17) is 13.6 Å². The van der Waals surface area contributed by atoms with Crippen LogP contribution in [-0.4, -0.2) is 81.2 Å². The maximum atomic E-state index is 14.1. The smallest absolute Gasteiger partial charge is 0.329 e. The lowest BCUT2D eigenvalue weighted by atomic mass is 10.0. The Labute approximate surface area is 288 Å². The number of fused-ring (bicyclic) bond motifs is 3. The van der Waals surface area contributed by atoms with Gasteiger partial charge in [-0.3, -0.25) is 14.4 Å². The number of allylic oxidation sites excluding steroid dienone is 2. The third kappa shape index (κ3) is 10.7. The van der Waals surface area contributed by atoms with Gasteiger partial charge in [0.05, 0.1) is 12.5 Å². The normalized spacial score (nSPS) is 23.9. The molecule has 12 heteroatoms. The van der Waals surface area contributed by atoms with Gasteiger partial charge < -0.3 is 23.8 Å². The summed E-state index contributed by atoms with van der Waals surface area (Å²) < 4.78 is 18.9. The first-order valence-corrected chi connectivity index (χ1v) is 23.6. The first-order valence-electron chi connectivity index (χ1n) is 17.2. The van der Waals surface area contributed by atoms with Crippen molar-refractivity contribution in [3.05, 3.63) is 47.5 Å². The van der Waals surface area contributed by atoms with E-state index >= 15 is 0 Å². The number of hydrogen-bond donors (Lipinski definition) is 1. The highest BCUT2D eigenvalue weighted by Gasteiger charge is 2.42. The number of nitrogens with one attached hydrogen (secondary N) is 1. The van der Waals surface area contributed by atoms with Gasteiger partial charge in [0.1, 0.15) is 31.4 Å². The first kappa shape index (κ1) is 39.3. The van der Waals surface area contributed by atoms with E-state index in [0.717, 1.165) is 5.57 Å². The Balaban J connectivity index is 2.03. The molecule has 1 aromatic heterocycles. The number of aromatic nitrogens is 1. The number of ketones is 1. The molecule has 2 aliphatic heterocycles. The predicted octanol–water partition coefficient (Wildman–Crippen LogP) is 5.86. The van der Waals surface area contributed by atoms with Crippen LogP contribution in [0.15, 0.2) is 40.4 Å². The highest BCUT2D eigenvalue weighted by molar-refractivity contribution is 6.88. The van der Waals surface area contributed by atoms with Crippen LogP contribution in [0, 0.1) is 5.92 Å². The van der Waals surface area contributed by atoms with E-state index in [2.05, 4.69) is 63.8 Å². The third-order valence-corrected chi connectivity index (χ3v) is 15.4. The van der Waals surface area contributed by atoms with Gasteiger partial charge in [-0.25, -0.2) is 9.78 Å². The molecule has 1 N–H and O–H groups in total. The minimum absolute atomic E-state index is 0.00189.